The summed E-state index contributed by atoms with van der Waals surface area (Å²) in [6, 6.07) is 4.73. The Hall–Kier alpha value is -1.60. The molecule has 3 rings (SSSR count). The molecular weight excluding hydrogens is 340 g/mol. The van der Waals surface area contributed by atoms with Crippen LogP contribution in [0.3, 0.4) is 0 Å². The minimum absolute atomic E-state index is 0.0363. The van der Waals surface area contributed by atoms with Crippen molar-refractivity contribution in [2.24, 2.45) is 5.92 Å². The Bertz CT molecular complexity index is 735. The highest BCUT2D eigenvalue weighted by atomic mass is 32.2. The number of amides is 1. The largest absolute Gasteiger partial charge is 0.489 e. The van der Waals surface area contributed by atoms with E-state index in [-0.39, 0.29) is 22.8 Å². The molecule has 1 aliphatic heterocycles. The van der Waals surface area contributed by atoms with Crippen LogP contribution in [0.2, 0.25) is 0 Å². The predicted molar refractivity (Wildman–Crippen MR) is 96.2 cm³/mol. The molecule has 0 spiro atoms. The van der Waals surface area contributed by atoms with Gasteiger partial charge in [-0.05, 0) is 57.7 Å². The van der Waals surface area contributed by atoms with E-state index in [9.17, 15) is 13.2 Å². The van der Waals surface area contributed by atoms with E-state index < -0.39 is 10.0 Å². The average Bonchev–Trinajstić information content (AvgIpc) is 3.41. The van der Waals surface area contributed by atoms with Crippen LogP contribution >= 0.6 is 0 Å². The summed E-state index contributed by atoms with van der Waals surface area (Å²) in [7, 11) is -3.54. The van der Waals surface area contributed by atoms with E-state index in [1.54, 1.807) is 12.1 Å². The molecule has 7 heteroatoms. The van der Waals surface area contributed by atoms with E-state index in [0.717, 1.165) is 32.1 Å². The smallest absolute Gasteiger partial charge is 0.243 e. The zero-order valence-electron chi connectivity index (χ0n) is 14.8. The molecule has 1 heterocycles. The normalized spacial score (nSPS) is 19.0. The number of benzene rings is 1. The van der Waals surface area contributed by atoms with Crippen molar-refractivity contribution in [1.29, 1.82) is 0 Å². The molecular formula is C18H26N2O4S. The number of hydrogen-bond acceptors (Lipinski definition) is 4. The van der Waals surface area contributed by atoms with Gasteiger partial charge in [-0.1, -0.05) is 6.42 Å². The van der Waals surface area contributed by atoms with Crippen molar-refractivity contribution in [3.8, 4) is 5.75 Å². The second-order valence-corrected chi connectivity index (χ2v) is 8.99. The van der Waals surface area contributed by atoms with E-state index in [0.29, 0.717) is 24.5 Å². The van der Waals surface area contributed by atoms with Crippen molar-refractivity contribution < 1.29 is 17.9 Å². The van der Waals surface area contributed by atoms with Gasteiger partial charge in [0, 0.05) is 19.0 Å². The molecule has 0 unspecified atom stereocenters. The van der Waals surface area contributed by atoms with Crippen LogP contribution in [-0.2, 0) is 14.8 Å². The lowest BCUT2D eigenvalue weighted by Crippen LogP contribution is -2.35. The van der Waals surface area contributed by atoms with Gasteiger partial charge in [0.2, 0.25) is 15.9 Å². The van der Waals surface area contributed by atoms with Crippen LogP contribution in [0.5, 0.6) is 5.75 Å². The Morgan fingerprint density at radius 2 is 1.88 bits per heavy atom. The molecule has 0 radical (unpaired) electrons. The molecule has 0 bridgehead atoms. The number of nitrogens with one attached hydrogen (secondary N) is 1. The average molecular weight is 366 g/mol. The lowest BCUT2D eigenvalue weighted by Gasteiger charge is -2.26. The number of carbonyl (C=O) groups is 1. The van der Waals surface area contributed by atoms with Crippen LogP contribution < -0.4 is 10.1 Å². The van der Waals surface area contributed by atoms with Gasteiger partial charge in [0.25, 0.3) is 0 Å². The maximum Gasteiger partial charge on any atom is 0.243 e. The van der Waals surface area contributed by atoms with E-state index >= 15 is 0 Å². The fourth-order valence-corrected chi connectivity index (χ4v) is 4.50. The van der Waals surface area contributed by atoms with Gasteiger partial charge in [-0.3, -0.25) is 4.79 Å². The van der Waals surface area contributed by atoms with Gasteiger partial charge < -0.3 is 10.1 Å². The third-order valence-corrected chi connectivity index (χ3v) is 6.37. The number of carbonyl (C=O) groups excluding carboxylic acids is 1. The Labute approximate surface area is 149 Å². The monoisotopic (exact) mass is 366 g/mol. The quantitative estimate of drug-likeness (QED) is 0.840. The highest BCUT2D eigenvalue weighted by molar-refractivity contribution is 7.89. The van der Waals surface area contributed by atoms with Gasteiger partial charge in [-0.15, -0.1) is 0 Å². The molecule has 1 amide bonds. The number of ether oxygens (including phenoxy) is 1. The summed E-state index contributed by atoms with van der Waals surface area (Å²) in [6.45, 7) is 4.89. The van der Waals surface area contributed by atoms with E-state index in [1.165, 1.54) is 10.4 Å². The molecule has 0 aromatic heterocycles. The first-order valence-corrected chi connectivity index (χ1v) is 10.4. The molecule has 1 saturated heterocycles. The van der Waals surface area contributed by atoms with E-state index in [2.05, 4.69) is 5.32 Å². The molecule has 2 fully saturated rings. The molecule has 1 saturated carbocycles. The van der Waals surface area contributed by atoms with Crippen molar-refractivity contribution in [1.82, 2.24) is 4.31 Å². The summed E-state index contributed by atoms with van der Waals surface area (Å²) in [5.74, 6) is 0.469. The summed E-state index contributed by atoms with van der Waals surface area (Å²) < 4.78 is 33.0. The summed E-state index contributed by atoms with van der Waals surface area (Å²) in [5, 5.41) is 2.85. The maximum absolute atomic E-state index is 12.9. The fourth-order valence-electron chi connectivity index (χ4n) is 2.96. The molecule has 138 valence electrons. The molecule has 25 heavy (non-hydrogen) atoms. The molecule has 6 nitrogen and oxygen atoms in total. The number of nitrogens with zero attached hydrogens (tertiary/aromatic N) is 1. The first-order valence-electron chi connectivity index (χ1n) is 8.99. The molecule has 1 aromatic rings. The highest BCUT2D eigenvalue weighted by Crippen LogP contribution is 2.34. The lowest BCUT2D eigenvalue weighted by atomic mass is 10.2. The summed E-state index contributed by atoms with van der Waals surface area (Å²) in [5.41, 5.74) is 0.434. The Kier molecular flexibility index (Phi) is 5.34. The minimum Gasteiger partial charge on any atom is -0.489 e. The Morgan fingerprint density at radius 3 is 2.48 bits per heavy atom. The van der Waals surface area contributed by atoms with Crippen molar-refractivity contribution in [3.63, 3.8) is 0 Å². The lowest BCUT2D eigenvalue weighted by molar-refractivity contribution is -0.117. The topological polar surface area (TPSA) is 75.7 Å². The molecule has 2 aliphatic rings. The molecule has 1 N–H and O–H groups in total. The summed E-state index contributed by atoms with van der Waals surface area (Å²) in [4.78, 5) is 12.4. The van der Waals surface area contributed by atoms with Crippen LogP contribution in [0, 0.1) is 5.92 Å². The number of rotatable bonds is 6. The first-order chi connectivity index (χ1) is 11.9. The van der Waals surface area contributed by atoms with Gasteiger partial charge in [0.05, 0.1) is 16.7 Å². The number of anilines is 1. The van der Waals surface area contributed by atoms with Gasteiger partial charge in [0.15, 0.2) is 0 Å². The summed E-state index contributed by atoms with van der Waals surface area (Å²) in [6.07, 6.45) is 4.55. The highest BCUT2D eigenvalue weighted by Gasteiger charge is 2.31. The number of sulfonamides is 1. The van der Waals surface area contributed by atoms with Crippen molar-refractivity contribution in [2.75, 3.05) is 18.4 Å². The zero-order chi connectivity index (χ0) is 18.0. The van der Waals surface area contributed by atoms with Gasteiger partial charge in [-0.2, -0.15) is 4.31 Å². The Balaban J connectivity index is 1.90. The Morgan fingerprint density at radius 1 is 1.20 bits per heavy atom. The van der Waals surface area contributed by atoms with Gasteiger partial charge in [-0.25, -0.2) is 8.42 Å². The molecule has 1 aliphatic carbocycles. The third kappa shape index (κ3) is 4.33. The number of hydrogen-bond donors (Lipinski definition) is 1. The predicted octanol–water partition coefficient (Wildman–Crippen LogP) is 3.00. The minimum atomic E-state index is -3.54. The first kappa shape index (κ1) is 18.2. The maximum atomic E-state index is 12.9. The van der Waals surface area contributed by atoms with Crippen molar-refractivity contribution in [2.45, 2.75) is 57.0 Å². The third-order valence-electron chi connectivity index (χ3n) is 4.47. The van der Waals surface area contributed by atoms with Crippen LogP contribution in [0.15, 0.2) is 23.1 Å². The van der Waals surface area contributed by atoms with Crippen molar-refractivity contribution in [3.05, 3.63) is 18.2 Å². The van der Waals surface area contributed by atoms with E-state index in [4.69, 9.17) is 4.74 Å². The zero-order valence-corrected chi connectivity index (χ0v) is 15.6. The molecule has 1 aromatic carbocycles. The summed E-state index contributed by atoms with van der Waals surface area (Å²) >= 11 is 0. The standard InChI is InChI=1S/C18H26N2O4S/c1-13(2)24-17-9-8-15(12-16(17)19-18(21)14-6-7-14)25(22,23)20-10-4-3-5-11-20/h8-9,12-14H,3-7,10-11H2,1-2H3,(H,19,21). The fraction of sp³-hybridized carbons (Fsp3) is 0.611. The SMILES string of the molecule is CC(C)Oc1ccc(S(=O)(=O)N2CCCCC2)cc1NC(=O)C1CC1. The van der Waals surface area contributed by atoms with Gasteiger partial charge in [0.1, 0.15) is 5.75 Å². The van der Waals surface area contributed by atoms with Gasteiger partial charge >= 0.3 is 0 Å². The number of piperidine rings is 1. The second kappa shape index (κ2) is 7.33. The van der Waals surface area contributed by atoms with Crippen LogP contribution in [0.25, 0.3) is 0 Å². The molecule has 0 atom stereocenters. The van der Waals surface area contributed by atoms with Crippen molar-refractivity contribution >= 4 is 21.6 Å². The van der Waals surface area contributed by atoms with Crippen LogP contribution in [0.1, 0.15) is 46.0 Å². The van der Waals surface area contributed by atoms with Crippen LogP contribution in [0.4, 0.5) is 5.69 Å². The second-order valence-electron chi connectivity index (χ2n) is 7.05. The van der Waals surface area contributed by atoms with Crippen LogP contribution in [-0.4, -0.2) is 37.8 Å². The van der Waals surface area contributed by atoms with E-state index in [1.807, 2.05) is 13.8 Å².